The van der Waals surface area contributed by atoms with E-state index in [9.17, 15) is 9.59 Å². The number of rotatable bonds is 10. The molecule has 0 fully saturated rings. The van der Waals surface area contributed by atoms with Crippen LogP contribution in [0.1, 0.15) is 24.5 Å². The first-order chi connectivity index (χ1) is 13.5. The molecule has 2 aromatic rings. The Bertz CT molecular complexity index is 772. The zero-order valence-corrected chi connectivity index (χ0v) is 16.6. The maximum atomic E-state index is 13.0. The van der Waals surface area contributed by atoms with Crippen LogP contribution in [0.3, 0.4) is 0 Å². The number of hydrogen-bond acceptors (Lipinski definition) is 3. The van der Waals surface area contributed by atoms with E-state index < -0.39 is 6.04 Å². The summed E-state index contributed by atoms with van der Waals surface area (Å²) in [6, 6.07) is 16.8. The Kier molecular flexibility index (Phi) is 8.28. The molecular weight excluding hydrogens is 352 g/mol. The van der Waals surface area contributed by atoms with Gasteiger partial charge in [-0.1, -0.05) is 48.5 Å². The van der Waals surface area contributed by atoms with Gasteiger partial charge >= 0.3 is 0 Å². The lowest BCUT2D eigenvalue weighted by molar-refractivity contribution is -0.140. The quantitative estimate of drug-likeness (QED) is 0.643. The number of carbonyl (C=O) groups is 2. The maximum absolute atomic E-state index is 13.0. The molecule has 1 atom stereocenters. The minimum Gasteiger partial charge on any atom is -0.497 e. The second-order valence-electron chi connectivity index (χ2n) is 6.57. The van der Waals surface area contributed by atoms with Gasteiger partial charge in [0.1, 0.15) is 11.8 Å². The number of amides is 2. The summed E-state index contributed by atoms with van der Waals surface area (Å²) in [4.78, 5) is 27.0. The SMILES string of the molecule is C=CCNC(=O)[C@@H](C)N(Cc1ccc(OC)cc1)C(=O)CCc1ccccc1. The van der Waals surface area contributed by atoms with E-state index in [2.05, 4.69) is 11.9 Å². The highest BCUT2D eigenvalue weighted by Crippen LogP contribution is 2.16. The van der Waals surface area contributed by atoms with Crippen molar-refractivity contribution >= 4 is 11.8 Å². The molecule has 1 N–H and O–H groups in total. The van der Waals surface area contributed by atoms with Gasteiger partial charge in [0.2, 0.25) is 11.8 Å². The molecule has 0 aliphatic heterocycles. The molecule has 148 valence electrons. The van der Waals surface area contributed by atoms with Crippen LogP contribution in [0.25, 0.3) is 0 Å². The van der Waals surface area contributed by atoms with Gasteiger partial charge in [0.15, 0.2) is 0 Å². The van der Waals surface area contributed by atoms with Gasteiger partial charge in [-0.15, -0.1) is 6.58 Å². The third-order valence-corrected chi connectivity index (χ3v) is 4.57. The van der Waals surface area contributed by atoms with Gasteiger partial charge in [0, 0.05) is 19.5 Å². The maximum Gasteiger partial charge on any atom is 0.242 e. The van der Waals surface area contributed by atoms with Crippen LogP contribution in [-0.2, 0) is 22.6 Å². The second kappa shape index (κ2) is 10.9. The number of ether oxygens (including phenoxy) is 1. The molecule has 0 aliphatic rings. The van der Waals surface area contributed by atoms with Crippen molar-refractivity contribution in [3.8, 4) is 5.75 Å². The molecule has 0 bridgehead atoms. The van der Waals surface area contributed by atoms with E-state index in [4.69, 9.17) is 4.74 Å². The number of aryl methyl sites for hydroxylation is 1. The predicted octanol–water partition coefficient (Wildman–Crippen LogP) is 3.35. The van der Waals surface area contributed by atoms with Crippen molar-refractivity contribution < 1.29 is 14.3 Å². The summed E-state index contributed by atoms with van der Waals surface area (Å²) < 4.78 is 5.19. The van der Waals surface area contributed by atoms with Crippen LogP contribution in [0, 0.1) is 0 Å². The van der Waals surface area contributed by atoms with Crippen molar-refractivity contribution in [1.29, 1.82) is 0 Å². The number of nitrogens with zero attached hydrogens (tertiary/aromatic N) is 1. The molecule has 0 radical (unpaired) electrons. The van der Waals surface area contributed by atoms with Gasteiger partial charge in [-0.05, 0) is 36.6 Å². The molecule has 0 aliphatic carbocycles. The van der Waals surface area contributed by atoms with E-state index >= 15 is 0 Å². The predicted molar refractivity (Wildman–Crippen MR) is 111 cm³/mol. The Labute approximate surface area is 167 Å². The Morgan fingerprint density at radius 1 is 1.11 bits per heavy atom. The van der Waals surface area contributed by atoms with E-state index in [1.807, 2.05) is 54.6 Å². The average Bonchev–Trinajstić information content (AvgIpc) is 2.74. The zero-order valence-electron chi connectivity index (χ0n) is 16.6. The van der Waals surface area contributed by atoms with Crippen LogP contribution in [-0.4, -0.2) is 36.4 Å². The minimum atomic E-state index is -0.578. The monoisotopic (exact) mass is 380 g/mol. The number of nitrogens with one attached hydrogen (secondary N) is 1. The second-order valence-corrected chi connectivity index (χ2v) is 6.57. The van der Waals surface area contributed by atoms with E-state index in [0.717, 1.165) is 16.9 Å². The molecule has 0 saturated heterocycles. The molecule has 0 saturated carbocycles. The highest BCUT2D eigenvalue weighted by molar-refractivity contribution is 5.87. The lowest BCUT2D eigenvalue weighted by Gasteiger charge is -2.29. The summed E-state index contributed by atoms with van der Waals surface area (Å²) in [5, 5.41) is 2.77. The van der Waals surface area contributed by atoms with Crippen LogP contribution in [0.4, 0.5) is 0 Å². The van der Waals surface area contributed by atoms with Gasteiger partial charge in [-0.2, -0.15) is 0 Å². The normalized spacial score (nSPS) is 11.4. The first kappa shape index (κ1) is 21.2. The summed E-state index contributed by atoms with van der Waals surface area (Å²) >= 11 is 0. The topological polar surface area (TPSA) is 58.6 Å². The summed E-state index contributed by atoms with van der Waals surface area (Å²) in [5.41, 5.74) is 2.04. The Morgan fingerprint density at radius 3 is 2.39 bits per heavy atom. The molecule has 0 aromatic heterocycles. The van der Waals surface area contributed by atoms with Crippen molar-refractivity contribution in [2.24, 2.45) is 0 Å². The average molecular weight is 380 g/mol. The summed E-state index contributed by atoms with van der Waals surface area (Å²) in [5.74, 6) is 0.505. The van der Waals surface area contributed by atoms with E-state index in [-0.39, 0.29) is 11.8 Å². The molecule has 28 heavy (non-hydrogen) atoms. The zero-order chi connectivity index (χ0) is 20.4. The van der Waals surface area contributed by atoms with Crippen LogP contribution in [0.5, 0.6) is 5.75 Å². The molecule has 0 spiro atoms. The summed E-state index contributed by atoms with van der Waals surface area (Å²) in [6.45, 7) is 6.10. The van der Waals surface area contributed by atoms with Gasteiger partial charge in [-0.25, -0.2) is 0 Å². The number of benzene rings is 2. The van der Waals surface area contributed by atoms with Crippen LogP contribution < -0.4 is 10.1 Å². The molecule has 2 aromatic carbocycles. The highest BCUT2D eigenvalue weighted by Gasteiger charge is 2.25. The molecule has 5 heteroatoms. The molecule has 2 amide bonds. The van der Waals surface area contributed by atoms with Crippen LogP contribution >= 0.6 is 0 Å². The van der Waals surface area contributed by atoms with Gasteiger partial charge in [-0.3, -0.25) is 9.59 Å². The third kappa shape index (κ3) is 6.27. The smallest absolute Gasteiger partial charge is 0.242 e. The number of methoxy groups -OCH3 is 1. The van der Waals surface area contributed by atoms with Gasteiger partial charge in [0.25, 0.3) is 0 Å². The molecule has 5 nitrogen and oxygen atoms in total. The number of hydrogen-bond donors (Lipinski definition) is 1. The molecular formula is C23H28N2O3. The van der Waals surface area contributed by atoms with E-state index in [1.54, 1.807) is 25.0 Å². The van der Waals surface area contributed by atoms with Crippen molar-refractivity contribution in [2.75, 3.05) is 13.7 Å². The van der Waals surface area contributed by atoms with Crippen LogP contribution in [0.15, 0.2) is 67.3 Å². The van der Waals surface area contributed by atoms with Gasteiger partial charge < -0.3 is 15.0 Å². The Balaban J connectivity index is 2.12. The lowest BCUT2D eigenvalue weighted by atomic mass is 10.1. The van der Waals surface area contributed by atoms with Crippen LogP contribution in [0.2, 0.25) is 0 Å². The molecule has 2 rings (SSSR count). The summed E-state index contributed by atoms with van der Waals surface area (Å²) in [7, 11) is 1.61. The first-order valence-electron chi connectivity index (χ1n) is 9.40. The first-order valence-corrected chi connectivity index (χ1v) is 9.40. The molecule has 0 heterocycles. The lowest BCUT2D eigenvalue weighted by Crippen LogP contribution is -2.47. The Morgan fingerprint density at radius 2 is 1.79 bits per heavy atom. The number of carbonyl (C=O) groups excluding carboxylic acids is 2. The van der Waals surface area contributed by atoms with Crippen molar-refractivity contribution in [1.82, 2.24) is 10.2 Å². The van der Waals surface area contributed by atoms with E-state index in [1.165, 1.54) is 0 Å². The third-order valence-electron chi connectivity index (χ3n) is 4.57. The van der Waals surface area contributed by atoms with Crippen molar-refractivity contribution in [3.63, 3.8) is 0 Å². The van der Waals surface area contributed by atoms with Gasteiger partial charge in [0.05, 0.1) is 7.11 Å². The standard InChI is InChI=1S/C23H28N2O3/c1-4-16-24-23(27)18(2)25(17-20-10-13-21(28-3)14-11-20)22(26)15-12-19-8-6-5-7-9-19/h4-11,13-14,18H,1,12,15-17H2,2-3H3,(H,24,27)/t18-/m1/s1. The molecule has 0 unspecified atom stereocenters. The largest absolute Gasteiger partial charge is 0.497 e. The highest BCUT2D eigenvalue weighted by atomic mass is 16.5. The fourth-order valence-electron chi connectivity index (χ4n) is 2.87. The van der Waals surface area contributed by atoms with E-state index in [0.29, 0.717) is 25.9 Å². The van der Waals surface area contributed by atoms with Crippen molar-refractivity contribution in [3.05, 3.63) is 78.4 Å². The fourth-order valence-corrected chi connectivity index (χ4v) is 2.87. The van der Waals surface area contributed by atoms with Crippen molar-refractivity contribution in [2.45, 2.75) is 32.4 Å². The summed E-state index contributed by atoms with van der Waals surface area (Å²) in [6.07, 6.45) is 2.61. The Hall–Kier alpha value is -3.08. The fraction of sp³-hybridized carbons (Fsp3) is 0.304. The minimum absolute atomic E-state index is 0.0547.